The fourth-order valence-electron chi connectivity index (χ4n) is 2.28. The third-order valence-electron chi connectivity index (χ3n) is 3.31. The highest BCUT2D eigenvalue weighted by atomic mass is 32.1. The van der Waals surface area contributed by atoms with Crippen molar-refractivity contribution in [3.8, 4) is 5.75 Å². The molecule has 2 aromatic carbocycles. The van der Waals surface area contributed by atoms with Gasteiger partial charge in [-0.05, 0) is 36.0 Å². The third kappa shape index (κ3) is 2.58. The second-order valence-corrected chi connectivity index (χ2v) is 5.10. The van der Waals surface area contributed by atoms with Gasteiger partial charge in [-0.25, -0.2) is 4.90 Å². The first-order valence-corrected chi connectivity index (χ1v) is 7.17. The summed E-state index contributed by atoms with van der Waals surface area (Å²) in [6.07, 6.45) is 1.78. The van der Waals surface area contributed by atoms with Crippen molar-refractivity contribution >= 4 is 35.0 Å². The SMILES string of the molecule is COc1ccccc1N1C(=O)/C(=C/c2ccccc2)NC1=S. The van der Waals surface area contributed by atoms with E-state index in [9.17, 15) is 4.79 Å². The van der Waals surface area contributed by atoms with Crippen LogP contribution in [0.3, 0.4) is 0 Å². The first-order valence-electron chi connectivity index (χ1n) is 6.76. The molecule has 0 bridgehead atoms. The Bertz CT molecular complexity index is 756. The molecule has 4 nitrogen and oxygen atoms in total. The van der Waals surface area contributed by atoms with Gasteiger partial charge in [0.15, 0.2) is 5.11 Å². The van der Waals surface area contributed by atoms with Gasteiger partial charge in [0.1, 0.15) is 11.4 Å². The molecular formula is C17H14N2O2S. The molecule has 0 spiro atoms. The van der Waals surface area contributed by atoms with Crippen LogP contribution in [-0.4, -0.2) is 18.1 Å². The molecule has 0 atom stereocenters. The molecule has 2 aromatic rings. The summed E-state index contributed by atoms with van der Waals surface area (Å²) >= 11 is 5.30. The minimum Gasteiger partial charge on any atom is -0.495 e. The normalized spacial score (nSPS) is 16.0. The van der Waals surface area contributed by atoms with Crippen LogP contribution < -0.4 is 15.0 Å². The number of carbonyl (C=O) groups excluding carboxylic acids is 1. The minimum absolute atomic E-state index is 0.196. The van der Waals surface area contributed by atoms with Gasteiger partial charge in [-0.15, -0.1) is 0 Å². The second-order valence-electron chi connectivity index (χ2n) is 4.71. The van der Waals surface area contributed by atoms with Gasteiger partial charge >= 0.3 is 0 Å². The number of ether oxygens (including phenoxy) is 1. The molecule has 5 heteroatoms. The van der Waals surface area contributed by atoms with Crippen LogP contribution in [-0.2, 0) is 4.79 Å². The van der Waals surface area contributed by atoms with Crippen molar-refractivity contribution < 1.29 is 9.53 Å². The van der Waals surface area contributed by atoms with E-state index in [-0.39, 0.29) is 5.91 Å². The zero-order valence-electron chi connectivity index (χ0n) is 11.9. The maximum atomic E-state index is 12.6. The summed E-state index contributed by atoms with van der Waals surface area (Å²) in [6.45, 7) is 0. The fraction of sp³-hybridized carbons (Fsp3) is 0.0588. The number of carbonyl (C=O) groups is 1. The molecule has 1 N–H and O–H groups in total. The maximum Gasteiger partial charge on any atom is 0.281 e. The Balaban J connectivity index is 1.97. The van der Waals surface area contributed by atoms with E-state index in [0.29, 0.717) is 22.2 Å². The molecule has 110 valence electrons. The Morgan fingerprint density at radius 2 is 1.77 bits per heavy atom. The highest BCUT2D eigenvalue weighted by Crippen LogP contribution is 2.31. The van der Waals surface area contributed by atoms with Crippen molar-refractivity contribution in [3.63, 3.8) is 0 Å². The summed E-state index contributed by atoms with van der Waals surface area (Å²) in [7, 11) is 1.57. The monoisotopic (exact) mass is 310 g/mol. The smallest absolute Gasteiger partial charge is 0.281 e. The number of hydrogen-bond acceptors (Lipinski definition) is 3. The number of rotatable bonds is 3. The number of benzene rings is 2. The van der Waals surface area contributed by atoms with Gasteiger partial charge in [0.05, 0.1) is 12.8 Å². The molecule has 0 saturated carbocycles. The Hall–Kier alpha value is -2.66. The number of nitrogens with one attached hydrogen (secondary N) is 1. The molecule has 1 amide bonds. The molecule has 0 aromatic heterocycles. The van der Waals surface area contributed by atoms with E-state index in [1.165, 1.54) is 4.90 Å². The molecule has 1 aliphatic heterocycles. The summed E-state index contributed by atoms with van der Waals surface area (Å²) in [5.41, 5.74) is 2.01. The summed E-state index contributed by atoms with van der Waals surface area (Å²) in [5, 5.41) is 3.31. The van der Waals surface area contributed by atoms with Crippen molar-refractivity contribution in [1.82, 2.24) is 5.32 Å². The molecule has 1 aliphatic rings. The van der Waals surface area contributed by atoms with E-state index in [0.717, 1.165) is 5.56 Å². The number of amides is 1. The van der Waals surface area contributed by atoms with Crippen LogP contribution in [0.15, 0.2) is 60.3 Å². The summed E-state index contributed by atoms with van der Waals surface area (Å²) in [5.74, 6) is 0.402. The van der Waals surface area contributed by atoms with Gasteiger partial charge in [0.25, 0.3) is 5.91 Å². The number of para-hydroxylation sites is 2. The highest BCUT2D eigenvalue weighted by Gasteiger charge is 2.33. The van der Waals surface area contributed by atoms with E-state index in [4.69, 9.17) is 17.0 Å². The summed E-state index contributed by atoms with van der Waals surface area (Å²) in [6, 6.07) is 16.9. The van der Waals surface area contributed by atoms with E-state index in [1.54, 1.807) is 25.3 Å². The Morgan fingerprint density at radius 1 is 1.09 bits per heavy atom. The lowest BCUT2D eigenvalue weighted by atomic mass is 10.2. The average molecular weight is 310 g/mol. The van der Waals surface area contributed by atoms with Crippen LogP contribution in [0.1, 0.15) is 5.56 Å². The first-order chi connectivity index (χ1) is 10.7. The van der Waals surface area contributed by atoms with Crippen molar-refractivity contribution in [1.29, 1.82) is 0 Å². The number of thiocarbonyl (C=S) groups is 1. The Kier molecular flexibility index (Phi) is 3.89. The van der Waals surface area contributed by atoms with Gasteiger partial charge < -0.3 is 10.1 Å². The standard InChI is InChI=1S/C17H14N2O2S/c1-21-15-10-6-5-9-14(15)19-16(20)13(18-17(19)22)11-12-7-3-2-4-8-12/h2-11H,1H3,(H,18,22)/b13-11-. The second kappa shape index (κ2) is 5.99. The average Bonchev–Trinajstić information content (AvgIpc) is 2.82. The van der Waals surface area contributed by atoms with Gasteiger partial charge in [-0.3, -0.25) is 4.79 Å². The van der Waals surface area contributed by atoms with E-state index < -0.39 is 0 Å². The number of nitrogens with zero attached hydrogens (tertiary/aromatic N) is 1. The van der Waals surface area contributed by atoms with Crippen molar-refractivity contribution in [2.24, 2.45) is 0 Å². The highest BCUT2D eigenvalue weighted by molar-refractivity contribution is 7.80. The molecule has 0 aliphatic carbocycles. The molecule has 22 heavy (non-hydrogen) atoms. The lowest BCUT2D eigenvalue weighted by Crippen LogP contribution is -2.30. The van der Waals surface area contributed by atoms with Crippen LogP contribution >= 0.6 is 12.2 Å². The molecule has 1 saturated heterocycles. The number of anilines is 1. The van der Waals surface area contributed by atoms with Crippen molar-refractivity contribution in [2.75, 3.05) is 12.0 Å². The molecule has 1 heterocycles. The van der Waals surface area contributed by atoms with Crippen LogP contribution in [0.2, 0.25) is 0 Å². The zero-order valence-corrected chi connectivity index (χ0v) is 12.8. The quantitative estimate of drug-likeness (QED) is 0.699. The zero-order chi connectivity index (χ0) is 15.5. The fourth-order valence-corrected chi connectivity index (χ4v) is 2.58. The van der Waals surface area contributed by atoms with Gasteiger partial charge in [-0.1, -0.05) is 42.5 Å². The van der Waals surface area contributed by atoms with Gasteiger partial charge in [-0.2, -0.15) is 0 Å². The number of hydrogen-bond donors (Lipinski definition) is 1. The minimum atomic E-state index is -0.196. The van der Waals surface area contributed by atoms with Crippen LogP contribution in [0, 0.1) is 0 Å². The largest absolute Gasteiger partial charge is 0.495 e. The predicted octanol–water partition coefficient (Wildman–Crippen LogP) is 2.96. The first kappa shape index (κ1) is 14.3. The Labute approximate surface area is 134 Å². The van der Waals surface area contributed by atoms with Crippen molar-refractivity contribution in [3.05, 3.63) is 65.9 Å². The van der Waals surface area contributed by atoms with Crippen LogP contribution in [0.5, 0.6) is 5.75 Å². The topological polar surface area (TPSA) is 41.6 Å². The van der Waals surface area contributed by atoms with Gasteiger partial charge in [0, 0.05) is 0 Å². The molecular weight excluding hydrogens is 296 g/mol. The summed E-state index contributed by atoms with van der Waals surface area (Å²) < 4.78 is 5.31. The molecule has 3 rings (SSSR count). The van der Waals surface area contributed by atoms with E-state index >= 15 is 0 Å². The van der Waals surface area contributed by atoms with Crippen LogP contribution in [0.4, 0.5) is 5.69 Å². The van der Waals surface area contributed by atoms with Gasteiger partial charge in [0.2, 0.25) is 0 Å². The van der Waals surface area contributed by atoms with E-state index in [2.05, 4.69) is 5.32 Å². The predicted molar refractivity (Wildman–Crippen MR) is 90.6 cm³/mol. The number of methoxy groups -OCH3 is 1. The van der Waals surface area contributed by atoms with Crippen molar-refractivity contribution in [2.45, 2.75) is 0 Å². The maximum absolute atomic E-state index is 12.6. The molecule has 0 radical (unpaired) electrons. The third-order valence-corrected chi connectivity index (χ3v) is 3.60. The molecule has 0 unspecified atom stereocenters. The molecule has 1 fully saturated rings. The lowest BCUT2D eigenvalue weighted by molar-refractivity contribution is -0.113. The van der Waals surface area contributed by atoms with E-state index in [1.807, 2.05) is 42.5 Å². The Morgan fingerprint density at radius 3 is 2.50 bits per heavy atom. The van der Waals surface area contributed by atoms with Crippen LogP contribution in [0.25, 0.3) is 6.08 Å². The lowest BCUT2D eigenvalue weighted by Gasteiger charge is -2.17. The summed E-state index contributed by atoms with van der Waals surface area (Å²) in [4.78, 5) is 14.1.